The number of ether oxygens (including phenoxy) is 1. The van der Waals surface area contributed by atoms with Crippen LogP contribution >= 0.6 is 23.2 Å². The predicted molar refractivity (Wildman–Crippen MR) is 78.3 cm³/mol. The molecule has 1 atom stereocenters. The lowest BCUT2D eigenvalue weighted by atomic mass is 10.1. The lowest BCUT2D eigenvalue weighted by molar-refractivity contribution is 0.195. The number of aliphatic hydroxyl groups excluding tert-OH is 1. The van der Waals surface area contributed by atoms with Gasteiger partial charge in [-0.15, -0.1) is 0 Å². The fraction of sp³-hybridized carbons (Fsp3) is 0.133. The highest BCUT2D eigenvalue weighted by Crippen LogP contribution is 2.33. The maximum absolute atomic E-state index is 9.73. The Morgan fingerprint density at radius 1 is 1.15 bits per heavy atom. The van der Waals surface area contributed by atoms with E-state index in [1.807, 2.05) is 6.07 Å². The van der Waals surface area contributed by atoms with Gasteiger partial charge >= 0.3 is 0 Å². The third-order valence-corrected chi connectivity index (χ3v) is 3.45. The zero-order valence-corrected chi connectivity index (χ0v) is 12.1. The van der Waals surface area contributed by atoms with E-state index in [0.29, 0.717) is 32.7 Å². The second-order valence-electron chi connectivity index (χ2n) is 4.22. The summed E-state index contributed by atoms with van der Waals surface area (Å²) in [5.41, 5.74) is 1.04. The number of aliphatic hydroxyl groups is 1. The van der Waals surface area contributed by atoms with Gasteiger partial charge in [0.15, 0.2) is 0 Å². The third-order valence-electron chi connectivity index (χ3n) is 2.71. The molecule has 0 aromatic heterocycles. The van der Waals surface area contributed by atoms with Crippen LogP contribution in [0.5, 0.6) is 11.5 Å². The fourth-order valence-electron chi connectivity index (χ4n) is 1.70. The lowest BCUT2D eigenvalue weighted by Gasteiger charge is -2.13. The van der Waals surface area contributed by atoms with Gasteiger partial charge in [-0.25, -0.2) is 0 Å². The molecule has 2 aromatic rings. The van der Waals surface area contributed by atoms with Crippen molar-refractivity contribution < 1.29 is 9.84 Å². The molecular weight excluding hydrogens is 297 g/mol. The Bertz CT molecular complexity index is 678. The molecule has 0 saturated carbocycles. The summed E-state index contributed by atoms with van der Waals surface area (Å²) < 4.78 is 5.69. The predicted octanol–water partition coefficient (Wildman–Crippen LogP) is 4.71. The zero-order chi connectivity index (χ0) is 14.7. The molecule has 0 saturated heterocycles. The number of hydrogen-bond acceptors (Lipinski definition) is 3. The van der Waals surface area contributed by atoms with Gasteiger partial charge in [-0.3, -0.25) is 0 Å². The van der Waals surface area contributed by atoms with Crippen LogP contribution in [0, 0.1) is 11.3 Å². The Morgan fingerprint density at radius 3 is 2.50 bits per heavy atom. The Labute approximate surface area is 126 Å². The highest BCUT2D eigenvalue weighted by molar-refractivity contribution is 6.42. The second kappa shape index (κ2) is 6.15. The molecule has 1 unspecified atom stereocenters. The molecule has 102 valence electrons. The Morgan fingerprint density at radius 2 is 1.90 bits per heavy atom. The summed E-state index contributed by atoms with van der Waals surface area (Å²) in [4.78, 5) is 0. The maximum atomic E-state index is 9.73. The summed E-state index contributed by atoms with van der Waals surface area (Å²) in [5.74, 6) is 0.897. The van der Waals surface area contributed by atoms with E-state index in [4.69, 9.17) is 33.2 Å². The second-order valence-corrected chi connectivity index (χ2v) is 5.03. The van der Waals surface area contributed by atoms with Crippen LogP contribution in [0.4, 0.5) is 0 Å². The Kier molecular flexibility index (Phi) is 4.51. The van der Waals surface area contributed by atoms with Crippen molar-refractivity contribution in [1.29, 1.82) is 5.26 Å². The van der Waals surface area contributed by atoms with Gasteiger partial charge in [-0.05, 0) is 31.2 Å². The smallest absolute Gasteiger partial charge is 0.134 e. The van der Waals surface area contributed by atoms with Gasteiger partial charge in [-0.2, -0.15) is 5.26 Å². The molecule has 0 heterocycles. The lowest BCUT2D eigenvalue weighted by Crippen LogP contribution is -1.97. The molecule has 0 aliphatic rings. The first-order valence-corrected chi connectivity index (χ1v) is 6.62. The number of nitriles is 1. The molecule has 0 aliphatic heterocycles. The molecule has 1 N–H and O–H groups in total. The van der Waals surface area contributed by atoms with Crippen LogP contribution in [0.1, 0.15) is 24.2 Å². The van der Waals surface area contributed by atoms with Crippen molar-refractivity contribution in [3.63, 3.8) is 0 Å². The van der Waals surface area contributed by atoms with E-state index in [9.17, 15) is 5.11 Å². The van der Waals surface area contributed by atoms with Crippen LogP contribution < -0.4 is 4.74 Å². The highest BCUT2D eigenvalue weighted by Gasteiger charge is 2.12. The molecule has 20 heavy (non-hydrogen) atoms. The monoisotopic (exact) mass is 307 g/mol. The van der Waals surface area contributed by atoms with Crippen LogP contribution in [-0.2, 0) is 0 Å². The molecule has 2 rings (SSSR count). The summed E-state index contributed by atoms with van der Waals surface area (Å²) in [7, 11) is 0. The SMILES string of the molecule is CC(O)c1ccc(C#N)cc1Oc1ccc(Cl)c(Cl)c1. The van der Waals surface area contributed by atoms with Crippen molar-refractivity contribution in [2.75, 3.05) is 0 Å². The van der Waals surface area contributed by atoms with Crippen molar-refractivity contribution in [2.45, 2.75) is 13.0 Å². The molecule has 2 aromatic carbocycles. The van der Waals surface area contributed by atoms with Gasteiger partial charge in [-0.1, -0.05) is 29.3 Å². The van der Waals surface area contributed by atoms with Gasteiger partial charge < -0.3 is 9.84 Å². The van der Waals surface area contributed by atoms with E-state index >= 15 is 0 Å². The number of rotatable bonds is 3. The molecular formula is C15H11Cl2NO2. The van der Waals surface area contributed by atoms with Crippen LogP contribution in [0.25, 0.3) is 0 Å². The molecule has 0 fully saturated rings. The van der Waals surface area contributed by atoms with Gasteiger partial charge in [0.05, 0.1) is 27.8 Å². The summed E-state index contributed by atoms with van der Waals surface area (Å²) in [5, 5.41) is 19.5. The summed E-state index contributed by atoms with van der Waals surface area (Å²) in [6.45, 7) is 1.63. The van der Waals surface area contributed by atoms with E-state index in [2.05, 4.69) is 0 Å². The Hall–Kier alpha value is -1.73. The van der Waals surface area contributed by atoms with Crippen molar-refractivity contribution in [1.82, 2.24) is 0 Å². The molecule has 5 heteroatoms. The quantitative estimate of drug-likeness (QED) is 0.893. The Balaban J connectivity index is 2.40. The first-order valence-electron chi connectivity index (χ1n) is 5.86. The molecule has 3 nitrogen and oxygen atoms in total. The summed E-state index contributed by atoms with van der Waals surface area (Å²) >= 11 is 11.8. The van der Waals surface area contributed by atoms with Gasteiger partial charge in [0, 0.05) is 11.6 Å². The summed E-state index contributed by atoms with van der Waals surface area (Å²) in [6, 6.07) is 11.8. The van der Waals surface area contributed by atoms with Crippen LogP contribution in [0.15, 0.2) is 36.4 Å². The number of hydrogen-bond donors (Lipinski definition) is 1. The third kappa shape index (κ3) is 3.23. The van der Waals surface area contributed by atoms with Gasteiger partial charge in [0.25, 0.3) is 0 Å². The largest absolute Gasteiger partial charge is 0.457 e. The minimum absolute atomic E-state index is 0.374. The normalized spacial score (nSPS) is 11.8. The zero-order valence-electron chi connectivity index (χ0n) is 10.6. The highest BCUT2D eigenvalue weighted by atomic mass is 35.5. The van der Waals surface area contributed by atoms with Crippen molar-refractivity contribution in [2.24, 2.45) is 0 Å². The molecule has 0 aliphatic carbocycles. The van der Waals surface area contributed by atoms with E-state index < -0.39 is 6.10 Å². The van der Waals surface area contributed by atoms with E-state index in [0.717, 1.165) is 0 Å². The average Bonchev–Trinajstić information content (AvgIpc) is 2.42. The standard InChI is InChI=1S/C15H11Cl2NO2/c1-9(19)12-4-2-10(8-18)6-15(12)20-11-3-5-13(16)14(17)7-11/h2-7,9,19H,1H3. The van der Waals surface area contributed by atoms with E-state index in [-0.39, 0.29) is 0 Å². The van der Waals surface area contributed by atoms with Crippen LogP contribution in [0.2, 0.25) is 10.0 Å². The fourth-order valence-corrected chi connectivity index (χ4v) is 1.99. The molecule has 0 amide bonds. The molecule has 0 bridgehead atoms. The maximum Gasteiger partial charge on any atom is 0.134 e. The average molecular weight is 308 g/mol. The van der Waals surface area contributed by atoms with Crippen molar-refractivity contribution in [3.8, 4) is 17.6 Å². The van der Waals surface area contributed by atoms with E-state index in [1.165, 1.54) is 0 Å². The van der Waals surface area contributed by atoms with Gasteiger partial charge in [0.2, 0.25) is 0 Å². The number of benzene rings is 2. The van der Waals surface area contributed by atoms with Crippen molar-refractivity contribution >= 4 is 23.2 Å². The van der Waals surface area contributed by atoms with Crippen molar-refractivity contribution in [3.05, 3.63) is 57.6 Å². The number of nitrogens with zero attached hydrogens (tertiary/aromatic N) is 1. The minimum Gasteiger partial charge on any atom is -0.457 e. The number of halogens is 2. The molecule has 0 radical (unpaired) electrons. The topological polar surface area (TPSA) is 53.2 Å². The van der Waals surface area contributed by atoms with E-state index in [1.54, 1.807) is 43.3 Å². The first kappa shape index (κ1) is 14.7. The first-order chi connectivity index (χ1) is 9.51. The van der Waals surface area contributed by atoms with Gasteiger partial charge in [0.1, 0.15) is 11.5 Å². The minimum atomic E-state index is -0.708. The van der Waals surface area contributed by atoms with Crippen LogP contribution in [-0.4, -0.2) is 5.11 Å². The summed E-state index contributed by atoms with van der Waals surface area (Å²) in [6.07, 6.45) is -0.708. The molecule has 0 spiro atoms. The van der Waals surface area contributed by atoms with Crippen LogP contribution in [0.3, 0.4) is 0 Å².